The normalized spacial score (nSPS) is 10.4. The maximum Gasteiger partial charge on any atom is 0.191 e. The molecule has 1 rings (SSSR count). The highest BCUT2D eigenvalue weighted by Crippen LogP contribution is 2.00. The summed E-state index contributed by atoms with van der Waals surface area (Å²) in [6.45, 7) is 5.50. The van der Waals surface area contributed by atoms with E-state index in [-0.39, 0.29) is 12.4 Å². The predicted molar refractivity (Wildman–Crippen MR) is 53.3 cm³/mol. The van der Waals surface area contributed by atoms with Crippen molar-refractivity contribution in [2.75, 3.05) is 13.2 Å². The van der Waals surface area contributed by atoms with Gasteiger partial charge < -0.3 is 4.74 Å². The largest absolute Gasteiger partial charge is 0.374 e. The maximum absolute atomic E-state index is 11.4. The van der Waals surface area contributed by atoms with Crippen LogP contribution in [0.15, 0.2) is 12.4 Å². The number of ether oxygens (including phenoxy) is 1. The molecule has 4 heteroatoms. The van der Waals surface area contributed by atoms with Crippen LogP contribution in [0, 0.1) is 0 Å². The Morgan fingerprint density at radius 1 is 1.57 bits per heavy atom. The molecule has 1 aromatic rings. The number of carbonyl (C=O) groups is 1. The molecule has 0 unspecified atom stereocenters. The molecule has 0 saturated carbocycles. The first-order valence-corrected chi connectivity index (χ1v) is 4.91. The molecule has 0 spiro atoms. The molecule has 0 aliphatic carbocycles. The molecule has 1 heterocycles. The van der Waals surface area contributed by atoms with E-state index < -0.39 is 0 Å². The van der Waals surface area contributed by atoms with Crippen LogP contribution >= 0.6 is 0 Å². The van der Waals surface area contributed by atoms with Gasteiger partial charge in [0.2, 0.25) is 0 Å². The second-order valence-corrected chi connectivity index (χ2v) is 3.05. The summed E-state index contributed by atoms with van der Waals surface area (Å²) in [6, 6.07) is 0. The third-order valence-corrected chi connectivity index (χ3v) is 1.85. The van der Waals surface area contributed by atoms with Crippen LogP contribution in [-0.4, -0.2) is 28.8 Å². The first-order valence-electron chi connectivity index (χ1n) is 4.91. The van der Waals surface area contributed by atoms with Crippen molar-refractivity contribution in [3.8, 4) is 0 Å². The van der Waals surface area contributed by atoms with Gasteiger partial charge in [0.1, 0.15) is 6.61 Å². The predicted octanol–water partition coefficient (Wildman–Crippen LogP) is 1.51. The number of nitrogens with zero attached hydrogens (tertiary/aromatic N) is 2. The minimum atomic E-state index is -0.00537. The number of hydrogen-bond acceptors (Lipinski definition) is 3. The minimum Gasteiger partial charge on any atom is -0.374 e. The van der Waals surface area contributed by atoms with Gasteiger partial charge in [-0.1, -0.05) is 6.92 Å². The fourth-order valence-electron chi connectivity index (χ4n) is 1.14. The fraction of sp³-hybridized carbons (Fsp3) is 0.600. The molecule has 14 heavy (non-hydrogen) atoms. The van der Waals surface area contributed by atoms with E-state index >= 15 is 0 Å². The zero-order valence-electron chi connectivity index (χ0n) is 8.69. The quantitative estimate of drug-likeness (QED) is 0.648. The van der Waals surface area contributed by atoms with Crippen LogP contribution in [0.4, 0.5) is 0 Å². The molecule has 0 N–H and O–H groups in total. The van der Waals surface area contributed by atoms with Crippen molar-refractivity contribution in [1.82, 2.24) is 9.78 Å². The Kier molecular flexibility index (Phi) is 4.32. The molecular formula is C10H16N2O2. The summed E-state index contributed by atoms with van der Waals surface area (Å²) in [5.74, 6) is -0.00537. The molecule has 0 atom stereocenters. The Morgan fingerprint density at radius 2 is 2.36 bits per heavy atom. The summed E-state index contributed by atoms with van der Waals surface area (Å²) >= 11 is 0. The number of aryl methyl sites for hydroxylation is 1. The van der Waals surface area contributed by atoms with E-state index in [0.29, 0.717) is 12.2 Å². The Balaban J connectivity index is 2.53. The molecule has 0 aromatic carbocycles. The number of aromatic nitrogens is 2. The van der Waals surface area contributed by atoms with Crippen molar-refractivity contribution in [3.05, 3.63) is 18.0 Å². The van der Waals surface area contributed by atoms with Crippen LogP contribution in [0.2, 0.25) is 0 Å². The van der Waals surface area contributed by atoms with Gasteiger partial charge in [0.15, 0.2) is 5.78 Å². The van der Waals surface area contributed by atoms with Crippen molar-refractivity contribution in [3.63, 3.8) is 0 Å². The van der Waals surface area contributed by atoms with E-state index in [0.717, 1.165) is 13.0 Å². The highest BCUT2D eigenvalue weighted by molar-refractivity contribution is 5.96. The van der Waals surface area contributed by atoms with Gasteiger partial charge in [-0.15, -0.1) is 0 Å². The monoisotopic (exact) mass is 196 g/mol. The van der Waals surface area contributed by atoms with Crippen molar-refractivity contribution < 1.29 is 9.53 Å². The van der Waals surface area contributed by atoms with E-state index in [1.807, 2.05) is 6.92 Å². The lowest BCUT2D eigenvalue weighted by atomic mass is 10.2. The highest BCUT2D eigenvalue weighted by atomic mass is 16.5. The average Bonchev–Trinajstić information content (AvgIpc) is 2.63. The third-order valence-electron chi connectivity index (χ3n) is 1.85. The van der Waals surface area contributed by atoms with Crippen molar-refractivity contribution in [2.45, 2.75) is 26.8 Å². The second-order valence-electron chi connectivity index (χ2n) is 3.05. The molecule has 4 nitrogen and oxygen atoms in total. The number of carbonyl (C=O) groups excluding carboxylic acids is 1. The minimum absolute atomic E-state index is 0.00537. The zero-order valence-corrected chi connectivity index (χ0v) is 8.69. The standard InChI is InChI=1S/C10H16N2O2/c1-3-5-12-7-9(6-11-12)10(13)8-14-4-2/h6-7H,3-5,8H2,1-2H3. The summed E-state index contributed by atoms with van der Waals surface area (Å²) in [6.07, 6.45) is 4.38. The zero-order chi connectivity index (χ0) is 10.4. The van der Waals surface area contributed by atoms with Gasteiger partial charge in [-0.2, -0.15) is 5.10 Å². The van der Waals surface area contributed by atoms with Crippen LogP contribution in [0.5, 0.6) is 0 Å². The summed E-state index contributed by atoms with van der Waals surface area (Å²) in [5.41, 5.74) is 0.631. The van der Waals surface area contributed by atoms with Crippen LogP contribution in [0.1, 0.15) is 30.6 Å². The summed E-state index contributed by atoms with van der Waals surface area (Å²) in [7, 11) is 0. The number of rotatable bonds is 6. The van der Waals surface area contributed by atoms with Gasteiger partial charge >= 0.3 is 0 Å². The highest BCUT2D eigenvalue weighted by Gasteiger charge is 2.07. The number of hydrogen-bond donors (Lipinski definition) is 0. The molecule has 1 aromatic heterocycles. The molecule has 0 fully saturated rings. The second kappa shape index (κ2) is 5.54. The molecule has 0 aliphatic heterocycles. The Bertz CT molecular complexity index is 294. The van der Waals surface area contributed by atoms with Crippen molar-refractivity contribution in [1.29, 1.82) is 0 Å². The first-order chi connectivity index (χ1) is 6.77. The molecule has 0 saturated heterocycles. The van der Waals surface area contributed by atoms with Crippen molar-refractivity contribution >= 4 is 5.78 Å². The lowest BCUT2D eigenvalue weighted by molar-refractivity contribution is 0.0783. The lowest BCUT2D eigenvalue weighted by Gasteiger charge is -1.97. The van der Waals surface area contributed by atoms with Crippen LogP contribution < -0.4 is 0 Å². The van der Waals surface area contributed by atoms with Gasteiger partial charge in [0.25, 0.3) is 0 Å². The van der Waals surface area contributed by atoms with Gasteiger partial charge in [0, 0.05) is 19.3 Å². The van der Waals surface area contributed by atoms with Gasteiger partial charge in [0.05, 0.1) is 11.8 Å². The van der Waals surface area contributed by atoms with Gasteiger partial charge in [-0.25, -0.2) is 0 Å². The van der Waals surface area contributed by atoms with Crippen molar-refractivity contribution in [2.24, 2.45) is 0 Å². The van der Waals surface area contributed by atoms with E-state index in [2.05, 4.69) is 12.0 Å². The van der Waals surface area contributed by atoms with Crippen LogP contribution in [-0.2, 0) is 11.3 Å². The Labute approximate surface area is 83.9 Å². The van der Waals surface area contributed by atoms with Gasteiger partial charge in [-0.3, -0.25) is 9.48 Å². The summed E-state index contributed by atoms with van der Waals surface area (Å²) in [4.78, 5) is 11.4. The lowest BCUT2D eigenvalue weighted by Crippen LogP contribution is -2.08. The molecule has 0 amide bonds. The maximum atomic E-state index is 11.4. The SMILES string of the molecule is CCCn1cc(C(=O)COCC)cn1. The number of Topliss-reactive ketones (excluding diaryl/α,β-unsaturated/α-hetero) is 1. The molecular weight excluding hydrogens is 180 g/mol. The van der Waals surface area contributed by atoms with E-state index in [1.54, 1.807) is 17.1 Å². The Hall–Kier alpha value is -1.16. The topological polar surface area (TPSA) is 44.1 Å². The molecule has 78 valence electrons. The van der Waals surface area contributed by atoms with Crippen LogP contribution in [0.3, 0.4) is 0 Å². The van der Waals surface area contributed by atoms with E-state index in [4.69, 9.17) is 4.74 Å². The fourth-order valence-corrected chi connectivity index (χ4v) is 1.14. The molecule has 0 radical (unpaired) electrons. The van der Waals surface area contributed by atoms with Gasteiger partial charge in [-0.05, 0) is 13.3 Å². The molecule has 0 aliphatic rings. The summed E-state index contributed by atoms with van der Waals surface area (Å²) < 4.78 is 6.81. The van der Waals surface area contributed by atoms with E-state index in [1.165, 1.54) is 0 Å². The van der Waals surface area contributed by atoms with E-state index in [9.17, 15) is 4.79 Å². The van der Waals surface area contributed by atoms with Crippen LogP contribution in [0.25, 0.3) is 0 Å². The molecule has 0 bridgehead atoms. The third kappa shape index (κ3) is 2.96. The smallest absolute Gasteiger partial charge is 0.191 e. The average molecular weight is 196 g/mol. The Morgan fingerprint density at radius 3 is 3.00 bits per heavy atom. The number of ketones is 1. The first kappa shape index (κ1) is 10.9. The summed E-state index contributed by atoms with van der Waals surface area (Å²) in [5, 5.41) is 4.08.